The normalized spacial score (nSPS) is 11.7. The molecule has 1 aromatic carbocycles. The average Bonchev–Trinajstić information content (AvgIpc) is 3.07. The number of carbonyl (C=O) groups is 1. The van der Waals surface area contributed by atoms with E-state index in [4.69, 9.17) is 10.5 Å². The zero-order chi connectivity index (χ0) is 20.7. The summed E-state index contributed by atoms with van der Waals surface area (Å²) in [4.78, 5) is 13.6. The van der Waals surface area contributed by atoms with Crippen molar-refractivity contribution in [3.05, 3.63) is 47.8 Å². The summed E-state index contributed by atoms with van der Waals surface area (Å²) >= 11 is 0. The summed E-state index contributed by atoms with van der Waals surface area (Å²) in [5, 5.41) is 0. The molecule has 3 N–H and O–H groups in total. The molecule has 9 heteroatoms. The van der Waals surface area contributed by atoms with Crippen LogP contribution < -0.4 is 15.2 Å². The Labute approximate surface area is 166 Å². The topological polar surface area (TPSA) is 107 Å². The summed E-state index contributed by atoms with van der Waals surface area (Å²) in [6.45, 7) is 7.79. The number of hydrogen-bond donors (Lipinski definition) is 2. The van der Waals surface area contributed by atoms with Gasteiger partial charge in [0, 0.05) is 26.3 Å². The molecule has 0 fully saturated rings. The molecule has 8 nitrogen and oxygen atoms in total. The Bertz CT molecular complexity index is 887. The molecule has 0 saturated heterocycles. The van der Waals surface area contributed by atoms with Crippen LogP contribution in [0.3, 0.4) is 0 Å². The van der Waals surface area contributed by atoms with Crippen molar-refractivity contribution in [3.63, 3.8) is 0 Å². The number of ether oxygens (including phenoxy) is 1. The van der Waals surface area contributed by atoms with Crippen LogP contribution in [0.1, 0.15) is 29.9 Å². The van der Waals surface area contributed by atoms with Crippen molar-refractivity contribution in [2.75, 3.05) is 26.2 Å². The summed E-state index contributed by atoms with van der Waals surface area (Å²) in [6, 6.07) is 8.53. The second kappa shape index (κ2) is 9.72. The Hall–Kier alpha value is -2.36. The van der Waals surface area contributed by atoms with E-state index in [1.54, 1.807) is 7.05 Å². The summed E-state index contributed by atoms with van der Waals surface area (Å²) < 4.78 is 34.5. The van der Waals surface area contributed by atoms with Crippen LogP contribution in [-0.4, -0.2) is 50.0 Å². The van der Waals surface area contributed by atoms with Crippen LogP contribution in [-0.2, 0) is 23.6 Å². The average molecular weight is 409 g/mol. The first-order valence-electron chi connectivity index (χ1n) is 9.16. The van der Waals surface area contributed by atoms with Gasteiger partial charge in [-0.1, -0.05) is 26.0 Å². The van der Waals surface area contributed by atoms with Gasteiger partial charge in [-0.05, 0) is 36.9 Å². The number of aryl methyl sites for hydroxylation is 1. The molecule has 1 heterocycles. The molecular formula is C19H28N4O4S. The molecule has 154 valence electrons. The Balaban J connectivity index is 1.92. The minimum Gasteiger partial charge on any atom is -0.492 e. The third kappa shape index (κ3) is 5.82. The number of aromatic nitrogens is 1. The number of hydrogen-bond acceptors (Lipinski definition) is 5. The Morgan fingerprint density at radius 2 is 1.86 bits per heavy atom. The van der Waals surface area contributed by atoms with E-state index >= 15 is 0 Å². The van der Waals surface area contributed by atoms with Crippen LogP contribution in [0.15, 0.2) is 41.4 Å². The van der Waals surface area contributed by atoms with Gasteiger partial charge in [-0.15, -0.1) is 0 Å². The van der Waals surface area contributed by atoms with E-state index < -0.39 is 15.9 Å². The Kier molecular flexibility index (Phi) is 7.61. The SMILES string of the molecule is CCN(CC)CCOc1ccc(CNS(=O)(=O)c2cc(C(N)=O)n(C)c2)cc1. The lowest BCUT2D eigenvalue weighted by Crippen LogP contribution is -2.27. The standard InChI is InChI=1S/C19H28N4O4S/c1-4-23(5-2)10-11-27-16-8-6-15(7-9-16)13-21-28(25,26)17-12-18(19(20)24)22(3)14-17/h6-9,12,14,21H,4-5,10-11,13H2,1-3H3,(H2,20,24). The number of likely N-dealkylation sites (N-methyl/N-ethyl adjacent to an activating group) is 1. The van der Waals surface area contributed by atoms with Crippen LogP contribution in [0.5, 0.6) is 5.75 Å². The van der Waals surface area contributed by atoms with Crippen molar-refractivity contribution >= 4 is 15.9 Å². The van der Waals surface area contributed by atoms with Gasteiger partial charge >= 0.3 is 0 Å². The molecule has 1 amide bonds. The number of nitrogens with one attached hydrogen (secondary N) is 1. The number of carbonyl (C=O) groups excluding carboxylic acids is 1. The molecule has 2 rings (SSSR count). The van der Waals surface area contributed by atoms with Crippen LogP contribution >= 0.6 is 0 Å². The second-order valence-electron chi connectivity index (χ2n) is 6.38. The molecule has 1 aromatic heterocycles. The van der Waals surface area contributed by atoms with Crippen molar-refractivity contribution in [1.29, 1.82) is 0 Å². The van der Waals surface area contributed by atoms with Gasteiger partial charge in [0.2, 0.25) is 10.0 Å². The number of nitrogens with two attached hydrogens (primary N) is 1. The molecule has 28 heavy (non-hydrogen) atoms. The number of primary amides is 1. The molecule has 0 radical (unpaired) electrons. The highest BCUT2D eigenvalue weighted by molar-refractivity contribution is 7.89. The lowest BCUT2D eigenvalue weighted by Gasteiger charge is -2.18. The minimum atomic E-state index is -3.75. The maximum absolute atomic E-state index is 12.4. The van der Waals surface area contributed by atoms with E-state index in [0.717, 1.165) is 30.9 Å². The fourth-order valence-electron chi connectivity index (χ4n) is 2.72. The van der Waals surface area contributed by atoms with Crippen molar-refractivity contribution in [1.82, 2.24) is 14.2 Å². The van der Waals surface area contributed by atoms with Crippen molar-refractivity contribution in [2.24, 2.45) is 12.8 Å². The number of rotatable bonds is 11. The molecule has 0 atom stereocenters. The van der Waals surface area contributed by atoms with Gasteiger partial charge < -0.3 is 19.9 Å². The van der Waals surface area contributed by atoms with E-state index in [1.807, 2.05) is 24.3 Å². The molecule has 0 spiro atoms. The summed E-state index contributed by atoms with van der Waals surface area (Å²) in [6.07, 6.45) is 1.36. The Morgan fingerprint density at radius 1 is 1.21 bits per heavy atom. The van der Waals surface area contributed by atoms with Crippen molar-refractivity contribution in [3.8, 4) is 5.75 Å². The van der Waals surface area contributed by atoms with Crippen LogP contribution in [0.2, 0.25) is 0 Å². The molecule has 2 aromatic rings. The first kappa shape index (κ1) is 21.9. The van der Waals surface area contributed by atoms with Gasteiger partial charge in [-0.3, -0.25) is 4.79 Å². The molecule has 0 unspecified atom stereocenters. The number of amides is 1. The number of benzene rings is 1. The maximum Gasteiger partial charge on any atom is 0.265 e. The lowest BCUT2D eigenvalue weighted by atomic mass is 10.2. The van der Waals surface area contributed by atoms with Gasteiger partial charge in [0.1, 0.15) is 22.9 Å². The van der Waals surface area contributed by atoms with Gasteiger partial charge in [0.05, 0.1) is 0 Å². The zero-order valence-corrected chi connectivity index (χ0v) is 17.3. The van der Waals surface area contributed by atoms with Gasteiger partial charge in [-0.25, -0.2) is 13.1 Å². The molecule has 0 bridgehead atoms. The molecule has 0 aliphatic heterocycles. The smallest absolute Gasteiger partial charge is 0.265 e. The third-order valence-corrected chi connectivity index (χ3v) is 5.87. The summed E-state index contributed by atoms with van der Waals surface area (Å²) in [5.74, 6) is 0.0634. The summed E-state index contributed by atoms with van der Waals surface area (Å²) in [7, 11) is -2.18. The quantitative estimate of drug-likeness (QED) is 0.583. The maximum atomic E-state index is 12.4. The highest BCUT2D eigenvalue weighted by Crippen LogP contribution is 2.15. The zero-order valence-electron chi connectivity index (χ0n) is 16.5. The van der Waals surface area contributed by atoms with Crippen molar-refractivity contribution < 1.29 is 17.9 Å². The van der Waals surface area contributed by atoms with E-state index in [9.17, 15) is 13.2 Å². The Morgan fingerprint density at radius 3 is 2.39 bits per heavy atom. The van der Waals surface area contributed by atoms with Crippen LogP contribution in [0.4, 0.5) is 0 Å². The van der Waals surface area contributed by atoms with E-state index in [0.29, 0.717) is 6.61 Å². The van der Waals surface area contributed by atoms with Gasteiger partial charge in [0.25, 0.3) is 5.91 Å². The monoisotopic (exact) mass is 408 g/mol. The number of nitrogens with zero attached hydrogens (tertiary/aromatic N) is 2. The van der Waals surface area contributed by atoms with Gasteiger partial charge in [0.15, 0.2) is 0 Å². The summed E-state index contributed by atoms with van der Waals surface area (Å²) in [5.41, 5.74) is 6.16. The predicted octanol–water partition coefficient (Wildman–Crippen LogP) is 1.32. The first-order valence-corrected chi connectivity index (χ1v) is 10.6. The molecular weight excluding hydrogens is 380 g/mol. The minimum absolute atomic E-state index is 0.000144. The van der Waals surface area contributed by atoms with Crippen molar-refractivity contribution in [2.45, 2.75) is 25.3 Å². The fraction of sp³-hybridized carbons (Fsp3) is 0.421. The highest BCUT2D eigenvalue weighted by atomic mass is 32.2. The number of sulfonamides is 1. The van der Waals surface area contributed by atoms with E-state index in [-0.39, 0.29) is 17.1 Å². The van der Waals surface area contributed by atoms with Crippen LogP contribution in [0.25, 0.3) is 0 Å². The molecule has 0 saturated carbocycles. The second-order valence-corrected chi connectivity index (χ2v) is 8.15. The lowest BCUT2D eigenvalue weighted by molar-refractivity contribution is 0.0992. The fourth-order valence-corrected chi connectivity index (χ4v) is 3.81. The predicted molar refractivity (Wildman–Crippen MR) is 108 cm³/mol. The molecule has 0 aliphatic carbocycles. The van der Waals surface area contributed by atoms with E-state index in [2.05, 4.69) is 23.5 Å². The molecule has 0 aliphatic rings. The van der Waals surface area contributed by atoms with E-state index in [1.165, 1.54) is 16.8 Å². The van der Waals surface area contributed by atoms with Gasteiger partial charge in [-0.2, -0.15) is 0 Å². The third-order valence-electron chi connectivity index (χ3n) is 4.50. The van der Waals surface area contributed by atoms with Crippen LogP contribution in [0, 0.1) is 0 Å². The first-order chi connectivity index (χ1) is 13.3. The largest absolute Gasteiger partial charge is 0.492 e. The highest BCUT2D eigenvalue weighted by Gasteiger charge is 2.19.